The minimum Gasteiger partial charge on any atom is -0.374 e. The second-order valence-electron chi connectivity index (χ2n) is 14.1. The molecule has 0 saturated carbocycles. The van der Waals surface area contributed by atoms with Crippen LogP contribution in [0.25, 0.3) is 10.7 Å². The van der Waals surface area contributed by atoms with Crippen molar-refractivity contribution in [3.05, 3.63) is 201 Å². The molecule has 0 aliphatic carbocycles. The number of hydrogen-bond donors (Lipinski definition) is 0. The van der Waals surface area contributed by atoms with Crippen molar-refractivity contribution in [1.82, 2.24) is 20.4 Å². The van der Waals surface area contributed by atoms with Gasteiger partial charge in [0, 0.05) is 11.4 Å². The fourth-order valence-corrected chi connectivity index (χ4v) is 7.72. The Balaban J connectivity index is 1.14. The molecule has 11 heteroatoms. The summed E-state index contributed by atoms with van der Waals surface area (Å²) in [6.45, 7) is 1.73. The topological polar surface area (TPSA) is 97.7 Å². The molecule has 0 unspecified atom stereocenters. The van der Waals surface area contributed by atoms with Crippen molar-refractivity contribution in [2.24, 2.45) is 0 Å². The van der Waals surface area contributed by atoms with Crippen LogP contribution in [0.1, 0.15) is 45.2 Å². The summed E-state index contributed by atoms with van der Waals surface area (Å²) in [4.78, 5) is 0. The maximum Gasteiger partial charge on any atom is 0.167 e. The van der Waals surface area contributed by atoms with Gasteiger partial charge in [0.25, 0.3) is 0 Å². The first kappa shape index (κ1) is 39.6. The molecule has 1 aliphatic rings. The molecule has 2 aromatic heterocycles. The number of nitrogens with zero attached hydrogens (tertiary/aromatic N) is 4. The first-order valence-electron chi connectivity index (χ1n) is 19.3. The van der Waals surface area contributed by atoms with Gasteiger partial charge in [-0.05, 0) is 51.6 Å². The van der Waals surface area contributed by atoms with Crippen LogP contribution in [0.2, 0.25) is 5.02 Å². The van der Waals surface area contributed by atoms with Gasteiger partial charge in [0.05, 0.1) is 38.7 Å². The lowest BCUT2D eigenvalue weighted by molar-refractivity contribution is -0.275. The summed E-state index contributed by atoms with van der Waals surface area (Å²) in [6, 6.07) is 50.4. The van der Waals surface area contributed by atoms with Crippen LogP contribution in [0, 0.1) is 0 Å². The molecule has 5 atom stereocenters. The molecule has 1 fully saturated rings. The Hall–Kier alpha value is -5.17. The van der Waals surface area contributed by atoms with E-state index >= 15 is 0 Å². The molecular formula is C47H43ClN4O5S. The summed E-state index contributed by atoms with van der Waals surface area (Å²) in [6.07, 6.45) is -2.34. The Morgan fingerprint density at radius 2 is 1.14 bits per heavy atom. The van der Waals surface area contributed by atoms with Crippen molar-refractivity contribution >= 4 is 22.9 Å². The van der Waals surface area contributed by atoms with Crippen molar-refractivity contribution in [1.29, 1.82) is 0 Å². The summed E-state index contributed by atoms with van der Waals surface area (Å²) >= 11 is 8.31. The Bertz CT molecular complexity index is 2270. The van der Waals surface area contributed by atoms with E-state index < -0.39 is 30.5 Å². The SMILES string of the molecule is Clc1ccc([C@@H]2O[C@H](COCc3ccccc3)[C@@H](OCc3ccccc3)[C@H](OCc3ccccc3)[C@H]2OCc2ccccc2)cc1Cc1ccc(-c2nncs2)nn1. The van der Waals surface area contributed by atoms with Gasteiger partial charge in [-0.25, -0.2) is 0 Å². The second kappa shape index (κ2) is 20.0. The molecule has 1 aliphatic heterocycles. The van der Waals surface area contributed by atoms with Crippen LogP contribution < -0.4 is 0 Å². The van der Waals surface area contributed by atoms with Crippen molar-refractivity contribution in [2.45, 2.75) is 63.4 Å². The van der Waals surface area contributed by atoms with Gasteiger partial charge < -0.3 is 23.7 Å². The molecule has 0 bridgehead atoms. The Morgan fingerprint density at radius 3 is 1.69 bits per heavy atom. The zero-order chi connectivity index (χ0) is 39.4. The highest BCUT2D eigenvalue weighted by Gasteiger charge is 2.49. The van der Waals surface area contributed by atoms with Gasteiger partial charge in [-0.1, -0.05) is 156 Å². The summed E-state index contributed by atoms with van der Waals surface area (Å²) in [5.74, 6) is 0. The highest BCUT2D eigenvalue weighted by atomic mass is 35.5. The van der Waals surface area contributed by atoms with Crippen molar-refractivity contribution in [3.63, 3.8) is 0 Å². The monoisotopic (exact) mass is 810 g/mol. The molecule has 1 saturated heterocycles. The van der Waals surface area contributed by atoms with Crippen LogP contribution in [-0.2, 0) is 56.5 Å². The first-order chi connectivity index (χ1) is 28.7. The van der Waals surface area contributed by atoms with E-state index in [1.54, 1.807) is 5.51 Å². The van der Waals surface area contributed by atoms with Gasteiger partial charge in [-0.2, -0.15) is 5.10 Å². The zero-order valence-electron chi connectivity index (χ0n) is 31.8. The third kappa shape index (κ3) is 10.5. The maximum absolute atomic E-state index is 7.16. The Kier molecular flexibility index (Phi) is 13.7. The number of hydrogen-bond acceptors (Lipinski definition) is 10. The van der Waals surface area contributed by atoms with Crippen LogP contribution in [-0.4, -0.2) is 51.4 Å². The summed E-state index contributed by atoms with van der Waals surface area (Å²) < 4.78 is 34.3. The fraction of sp³-hybridized carbons (Fsp3) is 0.234. The summed E-state index contributed by atoms with van der Waals surface area (Å²) in [5.41, 5.74) is 9.06. The minimum absolute atomic E-state index is 0.262. The summed E-state index contributed by atoms with van der Waals surface area (Å²) in [7, 11) is 0. The van der Waals surface area contributed by atoms with E-state index in [0.29, 0.717) is 48.6 Å². The Labute approximate surface area is 347 Å². The van der Waals surface area contributed by atoms with E-state index in [-0.39, 0.29) is 6.61 Å². The third-order valence-corrected chi connectivity index (χ3v) is 11.0. The largest absolute Gasteiger partial charge is 0.374 e. The molecule has 9 nitrogen and oxygen atoms in total. The maximum atomic E-state index is 7.16. The lowest BCUT2D eigenvalue weighted by atomic mass is 9.89. The number of halogens is 1. The molecule has 0 amide bonds. The van der Waals surface area contributed by atoms with Crippen LogP contribution in [0.4, 0.5) is 0 Å². The van der Waals surface area contributed by atoms with Gasteiger partial charge in [0.1, 0.15) is 41.7 Å². The van der Waals surface area contributed by atoms with Crippen molar-refractivity contribution in [2.75, 3.05) is 6.61 Å². The summed E-state index contributed by atoms with van der Waals surface area (Å²) in [5, 5.41) is 18.3. The highest BCUT2D eigenvalue weighted by molar-refractivity contribution is 7.12. The molecule has 3 heterocycles. The van der Waals surface area contributed by atoms with Crippen LogP contribution in [0.5, 0.6) is 0 Å². The number of benzene rings is 5. The lowest BCUT2D eigenvalue weighted by Gasteiger charge is -2.46. The van der Waals surface area contributed by atoms with Gasteiger partial charge in [-0.15, -0.1) is 15.3 Å². The molecule has 8 rings (SSSR count). The standard InChI is InChI=1S/C47H43ClN4O5S/c48-40-23-21-37(25-38(40)26-39-22-24-41(51-50-39)47-52-49-32-58-47)43-45(55-29-35-17-9-3-10-18-35)46(56-30-36-19-11-4-12-20-36)44(54-28-34-15-7-2-8-16-34)42(57-43)31-53-27-33-13-5-1-6-14-33/h1-25,32,42-46H,26-31H2/t42-,43+,44-,45+,46+/m1/s1. The first-order valence-corrected chi connectivity index (χ1v) is 20.5. The predicted molar refractivity (Wildman–Crippen MR) is 224 cm³/mol. The van der Waals surface area contributed by atoms with Crippen LogP contribution in [0.15, 0.2) is 157 Å². The van der Waals surface area contributed by atoms with E-state index in [1.807, 2.05) is 97.1 Å². The molecular weight excluding hydrogens is 768 g/mol. The number of ether oxygens (including phenoxy) is 5. The smallest absolute Gasteiger partial charge is 0.167 e. The fourth-order valence-electron chi connectivity index (χ4n) is 7.01. The molecule has 0 N–H and O–H groups in total. The molecule has 0 radical (unpaired) electrons. The van der Waals surface area contributed by atoms with E-state index in [4.69, 9.17) is 35.3 Å². The molecule has 58 heavy (non-hydrogen) atoms. The second-order valence-corrected chi connectivity index (χ2v) is 15.3. The van der Waals surface area contributed by atoms with E-state index in [1.165, 1.54) is 11.3 Å². The highest BCUT2D eigenvalue weighted by Crippen LogP contribution is 2.40. The number of aromatic nitrogens is 4. The van der Waals surface area contributed by atoms with Gasteiger partial charge >= 0.3 is 0 Å². The van der Waals surface area contributed by atoms with Crippen molar-refractivity contribution in [3.8, 4) is 10.7 Å². The predicted octanol–water partition coefficient (Wildman–Crippen LogP) is 9.65. The van der Waals surface area contributed by atoms with Gasteiger partial charge in [0.15, 0.2) is 5.01 Å². The molecule has 7 aromatic rings. The zero-order valence-corrected chi connectivity index (χ0v) is 33.3. The Morgan fingerprint density at radius 1 is 0.569 bits per heavy atom. The molecule has 0 spiro atoms. The van der Waals surface area contributed by atoms with Crippen LogP contribution in [0.3, 0.4) is 0 Å². The average molecular weight is 811 g/mol. The quantitative estimate of drug-likeness (QED) is 0.0891. The van der Waals surface area contributed by atoms with Gasteiger partial charge in [-0.3, -0.25) is 0 Å². The third-order valence-electron chi connectivity index (χ3n) is 9.95. The van der Waals surface area contributed by atoms with E-state index in [0.717, 1.165) is 39.1 Å². The van der Waals surface area contributed by atoms with Crippen molar-refractivity contribution < 1.29 is 23.7 Å². The van der Waals surface area contributed by atoms with E-state index in [2.05, 4.69) is 75.0 Å². The minimum atomic E-state index is -0.588. The molecule has 294 valence electrons. The van der Waals surface area contributed by atoms with E-state index in [9.17, 15) is 0 Å². The lowest BCUT2D eigenvalue weighted by Crippen LogP contribution is -2.58. The van der Waals surface area contributed by atoms with Gasteiger partial charge in [0.2, 0.25) is 0 Å². The van der Waals surface area contributed by atoms with Crippen LogP contribution >= 0.6 is 22.9 Å². The molecule has 5 aromatic carbocycles. The number of rotatable bonds is 17. The average Bonchev–Trinajstić information content (AvgIpc) is 3.83. The normalized spacial score (nSPS) is 19.2.